The van der Waals surface area contributed by atoms with Crippen molar-refractivity contribution in [3.8, 4) is 0 Å². The number of anilines is 1. The summed E-state index contributed by atoms with van der Waals surface area (Å²) in [6.45, 7) is 0. The molecule has 0 radical (unpaired) electrons. The molecule has 0 bridgehead atoms. The fraction of sp³-hybridized carbons (Fsp3) is 0. The lowest BCUT2D eigenvalue weighted by atomic mass is 10.1. The number of aromatic nitrogens is 3. The fourth-order valence-electron chi connectivity index (χ4n) is 1.81. The van der Waals surface area contributed by atoms with Crippen LogP contribution < -0.4 is 5.32 Å². The summed E-state index contributed by atoms with van der Waals surface area (Å²) in [4.78, 5) is 16.2. The quantitative estimate of drug-likeness (QED) is 0.719. The van der Waals surface area contributed by atoms with Crippen LogP contribution >= 0.6 is 0 Å². The van der Waals surface area contributed by atoms with Gasteiger partial charge in [-0.3, -0.25) is 14.9 Å². The highest BCUT2D eigenvalue weighted by atomic mass is 16.1. The molecule has 0 aliphatic carbocycles. The summed E-state index contributed by atoms with van der Waals surface area (Å²) in [5.41, 5.74) is 0.405. The molecule has 0 unspecified atom stereocenters. The Hall–Kier alpha value is -2.69. The largest absolute Gasteiger partial charge is 0.306 e. The molecule has 18 heavy (non-hydrogen) atoms. The van der Waals surface area contributed by atoms with E-state index in [-0.39, 0.29) is 5.91 Å². The third kappa shape index (κ3) is 1.82. The van der Waals surface area contributed by atoms with Crippen LogP contribution in [0.4, 0.5) is 5.82 Å². The second kappa shape index (κ2) is 4.29. The number of benzene rings is 1. The van der Waals surface area contributed by atoms with Gasteiger partial charge in [-0.05, 0) is 11.5 Å². The summed E-state index contributed by atoms with van der Waals surface area (Å²) in [7, 11) is 0. The van der Waals surface area contributed by atoms with Crippen molar-refractivity contribution in [3.05, 3.63) is 54.5 Å². The summed E-state index contributed by atoms with van der Waals surface area (Å²) < 4.78 is 0. The monoisotopic (exact) mass is 238 g/mol. The fourth-order valence-corrected chi connectivity index (χ4v) is 1.81. The minimum absolute atomic E-state index is 0.254. The van der Waals surface area contributed by atoms with E-state index in [1.165, 1.54) is 0 Å². The zero-order valence-electron chi connectivity index (χ0n) is 9.42. The van der Waals surface area contributed by atoms with Gasteiger partial charge < -0.3 is 5.32 Å². The second-order valence-electron chi connectivity index (χ2n) is 3.81. The van der Waals surface area contributed by atoms with Gasteiger partial charge in [0.2, 0.25) is 0 Å². The highest BCUT2D eigenvalue weighted by Gasteiger charge is 2.11. The van der Waals surface area contributed by atoms with Crippen LogP contribution in [0.3, 0.4) is 0 Å². The number of hydrogen-bond donors (Lipinski definition) is 2. The SMILES string of the molecule is O=C(Nc1ccn[nH]1)c1nccc2ccccc12. The number of rotatable bonds is 2. The van der Waals surface area contributed by atoms with Crippen LogP contribution in [-0.4, -0.2) is 21.1 Å². The Morgan fingerprint density at radius 1 is 1.11 bits per heavy atom. The average molecular weight is 238 g/mol. The molecule has 88 valence electrons. The highest BCUT2D eigenvalue weighted by molar-refractivity contribution is 6.10. The summed E-state index contributed by atoms with van der Waals surface area (Å²) >= 11 is 0. The van der Waals surface area contributed by atoms with Crippen LogP contribution in [-0.2, 0) is 0 Å². The Labute approximate surface area is 103 Å². The molecular weight excluding hydrogens is 228 g/mol. The zero-order valence-corrected chi connectivity index (χ0v) is 9.42. The van der Waals surface area contributed by atoms with E-state index in [2.05, 4.69) is 20.5 Å². The molecule has 3 rings (SSSR count). The number of pyridine rings is 1. The smallest absolute Gasteiger partial charge is 0.276 e. The van der Waals surface area contributed by atoms with Crippen LogP contribution in [0.2, 0.25) is 0 Å². The lowest BCUT2D eigenvalue weighted by Gasteiger charge is -2.05. The third-order valence-corrected chi connectivity index (χ3v) is 2.64. The van der Waals surface area contributed by atoms with Crippen molar-refractivity contribution in [1.29, 1.82) is 0 Å². The van der Waals surface area contributed by atoms with Crippen molar-refractivity contribution in [2.75, 3.05) is 5.32 Å². The van der Waals surface area contributed by atoms with Gasteiger partial charge in [0, 0.05) is 17.6 Å². The van der Waals surface area contributed by atoms with E-state index in [0.717, 1.165) is 10.8 Å². The maximum Gasteiger partial charge on any atom is 0.276 e. The summed E-state index contributed by atoms with van der Waals surface area (Å²) in [5, 5.41) is 11.0. The van der Waals surface area contributed by atoms with Crippen molar-refractivity contribution in [1.82, 2.24) is 15.2 Å². The normalized spacial score (nSPS) is 10.4. The van der Waals surface area contributed by atoms with Gasteiger partial charge in [-0.1, -0.05) is 24.3 Å². The molecule has 5 heteroatoms. The number of amides is 1. The number of aromatic amines is 1. The first-order valence-electron chi connectivity index (χ1n) is 5.49. The van der Waals surface area contributed by atoms with E-state index in [0.29, 0.717) is 11.5 Å². The van der Waals surface area contributed by atoms with Crippen molar-refractivity contribution in [2.24, 2.45) is 0 Å². The Bertz CT molecular complexity index is 686. The van der Waals surface area contributed by atoms with Crippen LogP contribution in [0.1, 0.15) is 10.5 Å². The number of carbonyl (C=O) groups excluding carboxylic acids is 1. The van der Waals surface area contributed by atoms with Crippen molar-refractivity contribution in [2.45, 2.75) is 0 Å². The van der Waals surface area contributed by atoms with Gasteiger partial charge in [-0.25, -0.2) is 0 Å². The van der Waals surface area contributed by atoms with Gasteiger partial charge in [0.05, 0.1) is 6.20 Å². The predicted molar refractivity (Wildman–Crippen MR) is 68.3 cm³/mol. The van der Waals surface area contributed by atoms with E-state index < -0.39 is 0 Å². The molecule has 1 amide bonds. The van der Waals surface area contributed by atoms with E-state index in [4.69, 9.17) is 0 Å². The number of fused-ring (bicyclic) bond motifs is 1. The van der Waals surface area contributed by atoms with Crippen molar-refractivity contribution < 1.29 is 4.79 Å². The van der Waals surface area contributed by atoms with Crippen LogP contribution in [0.25, 0.3) is 10.8 Å². The number of hydrogen-bond acceptors (Lipinski definition) is 3. The van der Waals surface area contributed by atoms with Gasteiger partial charge in [0.1, 0.15) is 11.5 Å². The molecule has 0 atom stereocenters. The Balaban J connectivity index is 2.01. The molecule has 2 aromatic heterocycles. The van der Waals surface area contributed by atoms with E-state index in [9.17, 15) is 4.79 Å². The molecule has 0 aliphatic heterocycles. The Morgan fingerprint density at radius 3 is 2.83 bits per heavy atom. The first-order valence-corrected chi connectivity index (χ1v) is 5.49. The highest BCUT2D eigenvalue weighted by Crippen LogP contribution is 2.17. The van der Waals surface area contributed by atoms with Gasteiger partial charge in [0.25, 0.3) is 5.91 Å². The molecule has 3 aromatic rings. The second-order valence-corrected chi connectivity index (χ2v) is 3.81. The van der Waals surface area contributed by atoms with E-state index in [1.54, 1.807) is 18.5 Å². The molecule has 0 aliphatic rings. The number of H-pyrrole nitrogens is 1. The standard InChI is InChI=1S/C13H10N4O/c18-13(16-11-6-8-15-17-11)12-10-4-2-1-3-9(10)5-7-14-12/h1-8H,(H2,15,16,17,18). The van der Waals surface area contributed by atoms with Gasteiger partial charge in [-0.2, -0.15) is 5.10 Å². The summed E-state index contributed by atoms with van der Waals surface area (Å²) in [6.07, 6.45) is 3.20. The summed E-state index contributed by atoms with van der Waals surface area (Å²) in [5.74, 6) is 0.297. The molecule has 2 heterocycles. The summed E-state index contributed by atoms with van der Waals surface area (Å²) in [6, 6.07) is 11.2. The maximum atomic E-state index is 12.1. The number of carbonyl (C=O) groups is 1. The molecule has 0 saturated carbocycles. The lowest BCUT2D eigenvalue weighted by Crippen LogP contribution is -2.14. The topological polar surface area (TPSA) is 70.7 Å². The predicted octanol–water partition coefficient (Wildman–Crippen LogP) is 2.21. The Kier molecular flexibility index (Phi) is 2.49. The zero-order chi connectivity index (χ0) is 12.4. The third-order valence-electron chi connectivity index (χ3n) is 2.64. The van der Waals surface area contributed by atoms with Crippen LogP contribution in [0, 0.1) is 0 Å². The molecule has 5 nitrogen and oxygen atoms in total. The molecular formula is C13H10N4O. The van der Waals surface area contributed by atoms with Crippen molar-refractivity contribution in [3.63, 3.8) is 0 Å². The first kappa shape index (κ1) is 10.5. The molecule has 0 spiro atoms. The Morgan fingerprint density at radius 2 is 2.00 bits per heavy atom. The van der Waals surface area contributed by atoms with Gasteiger partial charge >= 0.3 is 0 Å². The van der Waals surface area contributed by atoms with Gasteiger partial charge in [-0.15, -0.1) is 0 Å². The lowest BCUT2D eigenvalue weighted by molar-refractivity contribution is 0.102. The maximum absolute atomic E-state index is 12.1. The minimum atomic E-state index is -0.254. The molecule has 2 N–H and O–H groups in total. The average Bonchev–Trinajstić information content (AvgIpc) is 2.91. The molecule has 0 saturated heterocycles. The molecule has 0 fully saturated rings. The minimum Gasteiger partial charge on any atom is -0.306 e. The van der Waals surface area contributed by atoms with Crippen molar-refractivity contribution >= 4 is 22.5 Å². The number of nitrogens with zero attached hydrogens (tertiary/aromatic N) is 2. The van der Waals surface area contributed by atoms with Crippen LogP contribution in [0.15, 0.2) is 48.8 Å². The molecule has 1 aromatic carbocycles. The van der Waals surface area contributed by atoms with Gasteiger partial charge in [0.15, 0.2) is 0 Å². The van der Waals surface area contributed by atoms with Crippen LogP contribution in [0.5, 0.6) is 0 Å². The number of nitrogens with one attached hydrogen (secondary N) is 2. The van der Waals surface area contributed by atoms with E-state index in [1.807, 2.05) is 30.3 Å². The first-order chi connectivity index (χ1) is 8.84. The van der Waals surface area contributed by atoms with E-state index >= 15 is 0 Å².